The van der Waals surface area contributed by atoms with E-state index in [2.05, 4.69) is 17.1 Å². The predicted molar refractivity (Wildman–Crippen MR) is 62.8 cm³/mol. The van der Waals surface area contributed by atoms with Crippen LogP contribution in [0.3, 0.4) is 0 Å². The first-order valence-electron chi connectivity index (χ1n) is 6.25. The van der Waals surface area contributed by atoms with Crippen LogP contribution in [0.1, 0.15) is 39.5 Å². The van der Waals surface area contributed by atoms with E-state index in [0.717, 1.165) is 19.5 Å². The van der Waals surface area contributed by atoms with Crippen LogP contribution in [0.5, 0.6) is 0 Å². The number of nitrogens with zero attached hydrogens (tertiary/aromatic N) is 1. The Hall–Kier alpha value is -0.570. The molecule has 1 N–H and O–H groups in total. The number of likely N-dealkylation sites (tertiary alicyclic amines) is 1. The van der Waals surface area contributed by atoms with Gasteiger partial charge in [-0.25, -0.2) is 0 Å². The Morgan fingerprint density at radius 1 is 1.33 bits per heavy atom. The van der Waals surface area contributed by atoms with Gasteiger partial charge in [0, 0.05) is 13.0 Å². The van der Waals surface area contributed by atoms with Gasteiger partial charge in [-0.3, -0.25) is 4.79 Å². The minimum absolute atomic E-state index is 0.218. The Morgan fingerprint density at radius 2 is 2.00 bits per heavy atom. The van der Waals surface area contributed by atoms with Crippen LogP contribution in [0.25, 0.3) is 0 Å². The number of piperidine rings is 1. The zero-order valence-electron chi connectivity index (χ0n) is 10.1. The van der Waals surface area contributed by atoms with Crippen molar-refractivity contribution in [2.75, 3.05) is 26.2 Å². The fourth-order valence-electron chi connectivity index (χ4n) is 2.08. The van der Waals surface area contributed by atoms with Gasteiger partial charge in [0.25, 0.3) is 0 Å². The maximum atomic E-state index is 11.3. The van der Waals surface area contributed by atoms with Gasteiger partial charge in [-0.1, -0.05) is 13.8 Å². The topological polar surface area (TPSA) is 32.3 Å². The molecule has 0 bridgehead atoms. The number of carbonyl (C=O) groups is 1. The first-order chi connectivity index (χ1) is 7.26. The van der Waals surface area contributed by atoms with E-state index in [0.29, 0.717) is 12.3 Å². The van der Waals surface area contributed by atoms with Crippen LogP contribution in [0.15, 0.2) is 0 Å². The van der Waals surface area contributed by atoms with E-state index >= 15 is 0 Å². The van der Waals surface area contributed by atoms with Crippen LogP contribution in [0.4, 0.5) is 0 Å². The van der Waals surface area contributed by atoms with Crippen LogP contribution in [0.2, 0.25) is 0 Å². The van der Waals surface area contributed by atoms with Crippen molar-refractivity contribution >= 4 is 5.91 Å². The van der Waals surface area contributed by atoms with Gasteiger partial charge in [0.15, 0.2) is 0 Å². The molecule has 0 radical (unpaired) electrons. The van der Waals surface area contributed by atoms with Crippen molar-refractivity contribution in [2.24, 2.45) is 5.92 Å². The summed E-state index contributed by atoms with van der Waals surface area (Å²) in [5, 5.41) is 3.03. The third-order valence-electron chi connectivity index (χ3n) is 3.22. The summed E-state index contributed by atoms with van der Waals surface area (Å²) >= 11 is 0. The third-order valence-corrected chi connectivity index (χ3v) is 3.22. The molecule has 88 valence electrons. The van der Waals surface area contributed by atoms with Crippen LogP contribution >= 0.6 is 0 Å². The Balaban J connectivity index is 2.10. The molecule has 0 aliphatic carbocycles. The lowest BCUT2D eigenvalue weighted by molar-refractivity contribution is -0.121. The molecule has 0 aromatic heterocycles. The molecule has 1 saturated heterocycles. The standard InChI is InChI=1S/C12H24N2O/c1-3-5-12(15)13-10-11-6-8-14(4-2)9-7-11/h11H,3-10H2,1-2H3,(H,13,15). The van der Waals surface area contributed by atoms with Crippen LogP contribution < -0.4 is 5.32 Å². The molecule has 0 aromatic rings. The summed E-state index contributed by atoms with van der Waals surface area (Å²) in [5.74, 6) is 0.920. The molecular formula is C12H24N2O. The summed E-state index contributed by atoms with van der Waals surface area (Å²) < 4.78 is 0. The summed E-state index contributed by atoms with van der Waals surface area (Å²) in [6.07, 6.45) is 4.09. The summed E-state index contributed by atoms with van der Waals surface area (Å²) in [6, 6.07) is 0. The van der Waals surface area contributed by atoms with Gasteiger partial charge in [0.2, 0.25) is 5.91 Å². The van der Waals surface area contributed by atoms with Gasteiger partial charge in [0.05, 0.1) is 0 Å². The van der Waals surface area contributed by atoms with Crippen molar-refractivity contribution in [1.29, 1.82) is 0 Å². The molecule has 0 unspecified atom stereocenters. The second kappa shape index (κ2) is 6.83. The predicted octanol–water partition coefficient (Wildman–Crippen LogP) is 1.63. The number of rotatable bonds is 5. The molecule has 1 fully saturated rings. The molecule has 0 saturated carbocycles. The molecule has 15 heavy (non-hydrogen) atoms. The first kappa shape index (κ1) is 12.5. The first-order valence-corrected chi connectivity index (χ1v) is 6.25. The zero-order valence-corrected chi connectivity index (χ0v) is 10.1. The average Bonchev–Trinajstić information content (AvgIpc) is 2.27. The minimum Gasteiger partial charge on any atom is -0.356 e. The number of hydrogen-bond donors (Lipinski definition) is 1. The normalized spacial score (nSPS) is 19.1. The van der Waals surface area contributed by atoms with Crippen LogP contribution in [-0.4, -0.2) is 37.0 Å². The van der Waals surface area contributed by atoms with E-state index in [-0.39, 0.29) is 5.91 Å². The number of carbonyl (C=O) groups excluding carboxylic acids is 1. The number of hydrogen-bond acceptors (Lipinski definition) is 2. The molecule has 1 heterocycles. The summed E-state index contributed by atoms with van der Waals surface area (Å²) in [5.41, 5.74) is 0. The van der Waals surface area contributed by atoms with Gasteiger partial charge >= 0.3 is 0 Å². The minimum atomic E-state index is 0.218. The van der Waals surface area contributed by atoms with Crippen molar-refractivity contribution in [2.45, 2.75) is 39.5 Å². The lowest BCUT2D eigenvalue weighted by atomic mass is 9.97. The van der Waals surface area contributed by atoms with Crippen molar-refractivity contribution in [1.82, 2.24) is 10.2 Å². The van der Waals surface area contributed by atoms with Gasteiger partial charge < -0.3 is 10.2 Å². The van der Waals surface area contributed by atoms with Crippen molar-refractivity contribution in [3.8, 4) is 0 Å². The van der Waals surface area contributed by atoms with Gasteiger partial charge in [-0.15, -0.1) is 0 Å². The van der Waals surface area contributed by atoms with Crippen LogP contribution in [0, 0.1) is 5.92 Å². The Labute approximate surface area is 93.2 Å². The van der Waals surface area contributed by atoms with Gasteiger partial charge in [-0.2, -0.15) is 0 Å². The molecule has 1 aliphatic rings. The van der Waals surface area contributed by atoms with E-state index in [1.165, 1.54) is 25.9 Å². The number of amides is 1. The molecule has 0 spiro atoms. The lowest BCUT2D eigenvalue weighted by Gasteiger charge is -2.31. The average molecular weight is 212 g/mol. The van der Waals surface area contributed by atoms with Crippen molar-refractivity contribution < 1.29 is 4.79 Å². The molecule has 1 rings (SSSR count). The quantitative estimate of drug-likeness (QED) is 0.751. The second-order valence-corrected chi connectivity index (χ2v) is 4.43. The third kappa shape index (κ3) is 4.65. The van der Waals surface area contributed by atoms with E-state index in [9.17, 15) is 4.79 Å². The highest BCUT2D eigenvalue weighted by Gasteiger charge is 2.18. The van der Waals surface area contributed by atoms with Gasteiger partial charge in [-0.05, 0) is 44.8 Å². The van der Waals surface area contributed by atoms with Crippen LogP contribution in [-0.2, 0) is 4.79 Å². The summed E-state index contributed by atoms with van der Waals surface area (Å²) in [6.45, 7) is 8.70. The Kier molecular flexibility index (Phi) is 5.69. The fraction of sp³-hybridized carbons (Fsp3) is 0.917. The highest BCUT2D eigenvalue weighted by Crippen LogP contribution is 2.15. The molecule has 1 amide bonds. The van der Waals surface area contributed by atoms with Crippen molar-refractivity contribution in [3.63, 3.8) is 0 Å². The maximum Gasteiger partial charge on any atom is 0.219 e. The maximum absolute atomic E-state index is 11.3. The molecule has 1 aliphatic heterocycles. The molecule has 0 aromatic carbocycles. The molecular weight excluding hydrogens is 188 g/mol. The van der Waals surface area contributed by atoms with Gasteiger partial charge in [0.1, 0.15) is 0 Å². The second-order valence-electron chi connectivity index (χ2n) is 4.43. The Bertz CT molecular complexity index is 186. The fourth-order valence-corrected chi connectivity index (χ4v) is 2.08. The molecule has 3 nitrogen and oxygen atoms in total. The Morgan fingerprint density at radius 3 is 2.53 bits per heavy atom. The monoisotopic (exact) mass is 212 g/mol. The highest BCUT2D eigenvalue weighted by molar-refractivity contribution is 5.75. The van der Waals surface area contributed by atoms with E-state index in [4.69, 9.17) is 0 Å². The van der Waals surface area contributed by atoms with Crippen molar-refractivity contribution in [3.05, 3.63) is 0 Å². The SMILES string of the molecule is CCCC(=O)NCC1CCN(CC)CC1. The van der Waals surface area contributed by atoms with E-state index in [1.54, 1.807) is 0 Å². The summed E-state index contributed by atoms with van der Waals surface area (Å²) in [4.78, 5) is 13.8. The van der Waals surface area contributed by atoms with E-state index in [1.807, 2.05) is 6.92 Å². The number of nitrogens with one attached hydrogen (secondary N) is 1. The summed E-state index contributed by atoms with van der Waals surface area (Å²) in [7, 11) is 0. The lowest BCUT2D eigenvalue weighted by Crippen LogP contribution is -2.38. The molecule has 0 atom stereocenters. The van der Waals surface area contributed by atoms with E-state index < -0.39 is 0 Å². The largest absolute Gasteiger partial charge is 0.356 e. The smallest absolute Gasteiger partial charge is 0.219 e. The molecule has 3 heteroatoms. The zero-order chi connectivity index (χ0) is 11.1. The highest BCUT2D eigenvalue weighted by atomic mass is 16.1.